The zero-order valence-corrected chi connectivity index (χ0v) is 21.8. The van der Waals surface area contributed by atoms with Gasteiger partial charge in [0, 0.05) is 34.6 Å². The van der Waals surface area contributed by atoms with E-state index in [9.17, 15) is 20.0 Å². The fourth-order valence-corrected chi connectivity index (χ4v) is 5.08. The van der Waals surface area contributed by atoms with Crippen LogP contribution in [0.3, 0.4) is 0 Å². The topological polar surface area (TPSA) is 119 Å². The van der Waals surface area contributed by atoms with Gasteiger partial charge in [0.25, 0.3) is 5.69 Å². The van der Waals surface area contributed by atoms with Crippen LogP contribution in [0.25, 0.3) is 10.9 Å². The van der Waals surface area contributed by atoms with Crippen LogP contribution in [-0.4, -0.2) is 27.1 Å². The van der Waals surface area contributed by atoms with Crippen molar-refractivity contribution >= 4 is 60.0 Å². The Hall–Kier alpha value is -2.79. The second kappa shape index (κ2) is 9.60. The first-order valence-electron chi connectivity index (χ1n) is 9.96. The summed E-state index contributed by atoms with van der Waals surface area (Å²) < 4.78 is 8.86. The Morgan fingerprint density at radius 1 is 1.24 bits per heavy atom. The van der Waals surface area contributed by atoms with E-state index in [0.717, 1.165) is 20.1 Å². The van der Waals surface area contributed by atoms with Gasteiger partial charge in [-0.15, -0.1) is 10.2 Å². The Kier molecular flexibility index (Phi) is 7.23. The summed E-state index contributed by atoms with van der Waals surface area (Å²) in [5.74, 6) is -0.249. The fourth-order valence-electron chi connectivity index (χ4n) is 3.66. The summed E-state index contributed by atoms with van der Waals surface area (Å²) in [4.78, 5) is 23.2. The van der Waals surface area contributed by atoms with Crippen molar-refractivity contribution in [3.63, 3.8) is 0 Å². The van der Waals surface area contributed by atoms with Crippen LogP contribution in [-0.2, 0) is 11.8 Å². The van der Waals surface area contributed by atoms with Gasteiger partial charge in [-0.1, -0.05) is 29.8 Å². The summed E-state index contributed by atoms with van der Waals surface area (Å²) >= 11 is 7.07. The molecule has 1 amide bonds. The Bertz CT molecular complexity index is 1310. The van der Waals surface area contributed by atoms with Crippen LogP contribution in [0.5, 0.6) is 11.6 Å². The molecule has 0 saturated carbocycles. The van der Waals surface area contributed by atoms with E-state index in [4.69, 9.17) is 4.74 Å². The first-order valence-corrected chi connectivity index (χ1v) is 11.5. The third-order valence-corrected chi connectivity index (χ3v) is 6.83. The Balaban J connectivity index is 1.91. The highest BCUT2D eigenvalue weighted by molar-refractivity contribution is 9.11. The van der Waals surface area contributed by atoms with Gasteiger partial charge in [-0.3, -0.25) is 14.9 Å². The van der Waals surface area contributed by atoms with Gasteiger partial charge in [0.2, 0.25) is 5.88 Å². The molecule has 0 saturated heterocycles. The average molecular weight is 582 g/mol. The lowest BCUT2D eigenvalue weighted by Crippen LogP contribution is -2.11. The summed E-state index contributed by atoms with van der Waals surface area (Å²) in [6.07, 6.45) is 0. The van der Waals surface area contributed by atoms with Gasteiger partial charge in [-0.25, -0.2) is 0 Å². The van der Waals surface area contributed by atoms with E-state index < -0.39 is 10.8 Å². The molecule has 3 aromatic rings. The molecule has 2 aromatic carbocycles. The molecule has 1 N–H and O–H groups in total. The van der Waals surface area contributed by atoms with E-state index in [1.54, 1.807) is 14.0 Å². The number of hydrogen-bond acceptors (Lipinski definition) is 6. The number of non-ortho nitro benzene ring substituents is 1. The molecular weight excluding hydrogens is 560 g/mol. The maximum absolute atomic E-state index is 12.4. The number of aromatic nitrogens is 1. The number of amides is 1. The lowest BCUT2D eigenvalue weighted by Gasteiger charge is -2.18. The molecule has 0 atom stereocenters. The largest absolute Gasteiger partial charge is 0.493 e. The highest BCUT2D eigenvalue weighted by Crippen LogP contribution is 2.42. The molecule has 0 radical (unpaired) electrons. The van der Waals surface area contributed by atoms with Crippen molar-refractivity contribution in [3.8, 4) is 11.6 Å². The number of carbonyl (C=O) groups excluding carboxylic acids is 1. The van der Waals surface area contributed by atoms with Crippen molar-refractivity contribution in [2.45, 2.75) is 33.6 Å². The molecule has 33 heavy (non-hydrogen) atoms. The number of nitro groups is 1. The quantitative estimate of drug-likeness (QED) is 0.196. The molecular formula is C22H22Br2N4O5. The minimum atomic E-state index is -0.673. The number of aromatic hydroxyl groups is 1. The highest BCUT2D eigenvalue weighted by atomic mass is 79.9. The van der Waals surface area contributed by atoms with Crippen LogP contribution in [0.2, 0.25) is 0 Å². The number of azo groups is 1. The van der Waals surface area contributed by atoms with Gasteiger partial charge < -0.3 is 14.4 Å². The van der Waals surface area contributed by atoms with Crippen molar-refractivity contribution < 1.29 is 19.6 Å². The summed E-state index contributed by atoms with van der Waals surface area (Å²) in [6.45, 7) is 7.26. The van der Waals surface area contributed by atoms with E-state index in [0.29, 0.717) is 22.2 Å². The summed E-state index contributed by atoms with van der Waals surface area (Å²) in [5, 5.41) is 29.6. The minimum Gasteiger partial charge on any atom is -0.493 e. The average Bonchev–Trinajstić information content (AvgIpc) is 2.97. The molecule has 3 rings (SSSR count). The van der Waals surface area contributed by atoms with Gasteiger partial charge in [0.05, 0.1) is 14.9 Å². The lowest BCUT2D eigenvalue weighted by molar-refractivity contribution is -0.384. The van der Waals surface area contributed by atoms with Crippen LogP contribution in [0.15, 0.2) is 37.4 Å². The first kappa shape index (κ1) is 24.8. The van der Waals surface area contributed by atoms with E-state index in [1.807, 2.05) is 26.8 Å². The van der Waals surface area contributed by atoms with Crippen LogP contribution >= 0.6 is 31.9 Å². The van der Waals surface area contributed by atoms with Gasteiger partial charge in [0.1, 0.15) is 5.75 Å². The molecule has 0 unspecified atom stereocenters. The molecule has 9 nitrogen and oxygen atoms in total. The monoisotopic (exact) mass is 580 g/mol. The number of hydrogen-bond donors (Lipinski definition) is 1. The zero-order valence-electron chi connectivity index (χ0n) is 18.6. The van der Waals surface area contributed by atoms with Crippen molar-refractivity contribution in [1.29, 1.82) is 0 Å². The number of ether oxygens (including phenoxy) is 1. The van der Waals surface area contributed by atoms with Gasteiger partial charge >= 0.3 is 5.91 Å². The molecule has 0 spiro atoms. The molecule has 1 aromatic heterocycles. The number of rotatable bonds is 6. The maximum atomic E-state index is 12.4. The van der Waals surface area contributed by atoms with Gasteiger partial charge in [0.15, 0.2) is 12.3 Å². The van der Waals surface area contributed by atoms with Crippen molar-refractivity contribution in [1.82, 2.24) is 4.57 Å². The second-order valence-electron chi connectivity index (χ2n) is 7.92. The van der Waals surface area contributed by atoms with Gasteiger partial charge in [-0.05, 0) is 52.9 Å². The predicted molar refractivity (Wildman–Crippen MR) is 132 cm³/mol. The third kappa shape index (κ3) is 4.79. The lowest BCUT2D eigenvalue weighted by atomic mass is 10.0. The van der Waals surface area contributed by atoms with Crippen molar-refractivity contribution in [3.05, 3.63) is 53.9 Å². The zero-order chi connectivity index (χ0) is 24.6. The van der Waals surface area contributed by atoms with Crippen molar-refractivity contribution in [2.75, 3.05) is 6.61 Å². The number of nitro benzene ring substituents is 1. The number of nitrogens with zero attached hydrogens (tertiary/aromatic N) is 4. The number of aryl methyl sites for hydroxylation is 3. The van der Waals surface area contributed by atoms with E-state index >= 15 is 0 Å². The number of carbonyl (C=O) groups is 1. The number of fused-ring (bicyclic) bond motifs is 1. The normalized spacial score (nSPS) is 11.6. The molecule has 0 bridgehead atoms. The van der Waals surface area contributed by atoms with E-state index in [-0.39, 0.29) is 29.8 Å². The first-order chi connectivity index (χ1) is 15.4. The highest BCUT2D eigenvalue weighted by Gasteiger charge is 2.21. The van der Waals surface area contributed by atoms with Crippen LogP contribution in [0.1, 0.15) is 36.5 Å². The smallest absolute Gasteiger partial charge is 0.302 e. The summed E-state index contributed by atoms with van der Waals surface area (Å²) in [7, 11) is 1.60. The standard InChI is InChI=1S/C22H22Br2N4O5/c1-10(2)17-15(23)7-11(3)18(24)21(17)33-9-16(29)25-26-19-14-8-13(28(31)32)6-12(4)20(14)27(5)22(19)30/h6-8,10,30H,9H2,1-5H3. The Morgan fingerprint density at radius 3 is 2.52 bits per heavy atom. The summed E-state index contributed by atoms with van der Waals surface area (Å²) in [5.41, 5.74) is 2.83. The number of halogens is 2. The minimum absolute atomic E-state index is 0.0185. The van der Waals surface area contributed by atoms with Crippen LogP contribution in [0, 0.1) is 24.0 Å². The third-order valence-electron chi connectivity index (χ3n) is 5.19. The molecule has 0 aliphatic carbocycles. The Morgan fingerprint density at radius 2 is 1.91 bits per heavy atom. The molecule has 1 heterocycles. The fraction of sp³-hybridized carbons (Fsp3) is 0.318. The molecule has 0 aliphatic rings. The van der Waals surface area contributed by atoms with E-state index in [2.05, 4.69) is 42.1 Å². The molecule has 174 valence electrons. The van der Waals surface area contributed by atoms with Crippen molar-refractivity contribution in [2.24, 2.45) is 17.3 Å². The molecule has 0 aliphatic heterocycles. The van der Waals surface area contributed by atoms with E-state index in [1.165, 1.54) is 16.7 Å². The van der Waals surface area contributed by atoms with Gasteiger partial charge in [-0.2, -0.15) is 0 Å². The maximum Gasteiger partial charge on any atom is 0.302 e. The SMILES string of the molecule is Cc1cc(Br)c(C(C)C)c(OCC(=O)N=Nc2c(O)n(C)c3c(C)cc([N+](=O)[O-])cc23)c1Br. The molecule has 11 heteroatoms. The number of benzene rings is 2. The second-order valence-corrected chi connectivity index (χ2v) is 9.56. The predicted octanol–water partition coefficient (Wildman–Crippen LogP) is 6.75. The Labute approximate surface area is 206 Å². The molecule has 0 fully saturated rings. The van der Waals surface area contributed by atoms with Crippen LogP contribution < -0.4 is 4.74 Å². The van der Waals surface area contributed by atoms with Crippen LogP contribution in [0.4, 0.5) is 11.4 Å². The summed E-state index contributed by atoms with van der Waals surface area (Å²) in [6, 6.07) is 4.68.